The number of anilines is 2. The number of carbonyl (C=O) groups is 2. The summed E-state index contributed by atoms with van der Waals surface area (Å²) in [5.41, 5.74) is 1.29. The largest absolute Gasteiger partial charge is 0.336 e. The molecule has 1 aliphatic rings. The molecular weight excluding hydrogens is 326 g/mol. The van der Waals surface area contributed by atoms with E-state index in [0.717, 1.165) is 30.0 Å². The van der Waals surface area contributed by atoms with Crippen LogP contribution in [-0.2, 0) is 6.42 Å². The summed E-state index contributed by atoms with van der Waals surface area (Å²) in [4.78, 5) is 25.5. The Kier molecular flexibility index (Phi) is 5.05. The van der Waals surface area contributed by atoms with Crippen molar-refractivity contribution in [3.05, 3.63) is 34.8 Å². The number of hydrogen-bond acceptors (Lipinski definition) is 5. The van der Waals surface area contributed by atoms with Gasteiger partial charge in [-0.3, -0.25) is 15.0 Å². The van der Waals surface area contributed by atoms with Crippen LogP contribution in [0.4, 0.5) is 15.6 Å². The number of aromatic nitrogens is 2. The lowest BCUT2D eigenvalue weighted by atomic mass is 10.2. The third kappa shape index (κ3) is 3.70. The van der Waals surface area contributed by atoms with Crippen molar-refractivity contribution < 1.29 is 9.59 Å². The Morgan fingerprint density at radius 3 is 2.79 bits per heavy atom. The van der Waals surface area contributed by atoms with Crippen LogP contribution < -0.4 is 15.5 Å². The van der Waals surface area contributed by atoms with Crippen molar-refractivity contribution in [2.75, 3.05) is 23.3 Å². The van der Waals surface area contributed by atoms with Gasteiger partial charge in [-0.15, -0.1) is 10.2 Å². The Balaban J connectivity index is 1.62. The molecule has 0 radical (unpaired) electrons. The highest BCUT2D eigenvalue weighted by molar-refractivity contribution is 7.15. The van der Waals surface area contributed by atoms with E-state index in [9.17, 15) is 9.59 Å². The Bertz CT molecular complexity index is 728. The molecule has 3 rings (SSSR count). The van der Waals surface area contributed by atoms with Gasteiger partial charge in [0.15, 0.2) is 0 Å². The molecule has 7 nitrogen and oxygen atoms in total. The van der Waals surface area contributed by atoms with Crippen molar-refractivity contribution in [2.24, 2.45) is 0 Å². The zero-order valence-electron chi connectivity index (χ0n) is 13.4. The van der Waals surface area contributed by atoms with E-state index in [-0.39, 0.29) is 11.9 Å². The van der Waals surface area contributed by atoms with Gasteiger partial charge in [-0.25, -0.2) is 4.79 Å². The van der Waals surface area contributed by atoms with Crippen LogP contribution in [0.2, 0.25) is 0 Å². The number of urea groups is 1. The molecular formula is C16H19N5O2S. The summed E-state index contributed by atoms with van der Waals surface area (Å²) < 4.78 is 0. The second-order valence-corrected chi connectivity index (χ2v) is 6.55. The van der Waals surface area contributed by atoms with Gasteiger partial charge in [0, 0.05) is 30.8 Å². The van der Waals surface area contributed by atoms with Gasteiger partial charge in [-0.2, -0.15) is 0 Å². The standard InChI is InChI=1S/C16H19N5O2S/c1-2-3-4-13-19-20-15(24-13)18-14(22)11-5-7-12(8-6-11)21-10-9-17-16(21)23/h5-8H,2-4,9-10H2,1H3,(H,17,23)(H,18,20,22). The number of amides is 3. The molecule has 2 heterocycles. The molecule has 3 amide bonds. The van der Waals surface area contributed by atoms with E-state index < -0.39 is 0 Å². The first-order chi connectivity index (χ1) is 11.7. The minimum absolute atomic E-state index is 0.110. The highest BCUT2D eigenvalue weighted by Gasteiger charge is 2.21. The number of aryl methyl sites for hydroxylation is 1. The summed E-state index contributed by atoms with van der Waals surface area (Å²) in [6.45, 7) is 3.40. The van der Waals surface area contributed by atoms with E-state index in [0.29, 0.717) is 23.8 Å². The van der Waals surface area contributed by atoms with Crippen LogP contribution in [0.3, 0.4) is 0 Å². The van der Waals surface area contributed by atoms with Crippen molar-refractivity contribution in [1.29, 1.82) is 0 Å². The molecule has 1 aromatic carbocycles. The van der Waals surface area contributed by atoms with E-state index in [1.807, 2.05) is 0 Å². The molecule has 1 saturated heterocycles. The second-order valence-electron chi connectivity index (χ2n) is 5.49. The first-order valence-corrected chi connectivity index (χ1v) is 8.78. The van der Waals surface area contributed by atoms with Crippen LogP contribution in [0, 0.1) is 0 Å². The third-order valence-corrected chi connectivity index (χ3v) is 4.63. The summed E-state index contributed by atoms with van der Waals surface area (Å²) in [6, 6.07) is 6.84. The molecule has 0 saturated carbocycles. The van der Waals surface area contributed by atoms with Gasteiger partial charge in [0.1, 0.15) is 5.01 Å². The second kappa shape index (κ2) is 7.39. The number of unbranched alkanes of at least 4 members (excludes halogenated alkanes) is 1. The van der Waals surface area contributed by atoms with Gasteiger partial charge in [0.25, 0.3) is 5.91 Å². The number of benzene rings is 1. The molecule has 2 aromatic rings. The fourth-order valence-corrected chi connectivity index (χ4v) is 3.19. The van der Waals surface area contributed by atoms with E-state index in [2.05, 4.69) is 27.8 Å². The van der Waals surface area contributed by atoms with E-state index in [1.54, 1.807) is 29.2 Å². The Morgan fingerprint density at radius 1 is 1.33 bits per heavy atom. The lowest BCUT2D eigenvalue weighted by Gasteiger charge is -2.14. The van der Waals surface area contributed by atoms with E-state index in [1.165, 1.54) is 11.3 Å². The first kappa shape index (κ1) is 16.4. The molecule has 24 heavy (non-hydrogen) atoms. The van der Waals surface area contributed by atoms with E-state index >= 15 is 0 Å². The topological polar surface area (TPSA) is 87.2 Å². The lowest BCUT2D eigenvalue weighted by molar-refractivity contribution is 0.102. The molecule has 1 fully saturated rings. The van der Waals surface area contributed by atoms with Crippen LogP contribution >= 0.6 is 11.3 Å². The fourth-order valence-electron chi connectivity index (χ4n) is 2.41. The maximum atomic E-state index is 12.3. The van der Waals surface area contributed by atoms with Crippen molar-refractivity contribution in [3.8, 4) is 0 Å². The minimum Gasteiger partial charge on any atom is -0.336 e. The molecule has 0 bridgehead atoms. The Morgan fingerprint density at radius 2 is 2.12 bits per heavy atom. The van der Waals surface area contributed by atoms with Gasteiger partial charge in [0.05, 0.1) is 0 Å². The molecule has 1 aromatic heterocycles. The maximum Gasteiger partial charge on any atom is 0.321 e. The lowest BCUT2D eigenvalue weighted by Crippen LogP contribution is -2.27. The van der Waals surface area contributed by atoms with Gasteiger partial charge in [-0.1, -0.05) is 24.7 Å². The van der Waals surface area contributed by atoms with E-state index in [4.69, 9.17) is 0 Å². The average molecular weight is 345 g/mol. The maximum absolute atomic E-state index is 12.3. The normalized spacial score (nSPS) is 13.9. The first-order valence-electron chi connectivity index (χ1n) is 7.96. The van der Waals surface area contributed by atoms with Crippen molar-refractivity contribution in [2.45, 2.75) is 26.2 Å². The fraction of sp³-hybridized carbons (Fsp3) is 0.375. The van der Waals surface area contributed by atoms with Gasteiger partial charge < -0.3 is 5.32 Å². The number of rotatable bonds is 6. The molecule has 2 N–H and O–H groups in total. The van der Waals surface area contributed by atoms with Gasteiger partial charge >= 0.3 is 6.03 Å². The molecule has 126 valence electrons. The quantitative estimate of drug-likeness (QED) is 0.842. The Hall–Kier alpha value is -2.48. The van der Waals surface area contributed by atoms with Crippen LogP contribution in [0.15, 0.2) is 24.3 Å². The summed E-state index contributed by atoms with van der Waals surface area (Å²) in [6.07, 6.45) is 3.05. The molecule has 0 unspecified atom stereocenters. The van der Waals surface area contributed by atoms with Crippen molar-refractivity contribution in [1.82, 2.24) is 15.5 Å². The van der Waals surface area contributed by atoms with Crippen LogP contribution in [-0.4, -0.2) is 35.2 Å². The summed E-state index contributed by atoms with van der Waals surface area (Å²) in [5.74, 6) is -0.231. The van der Waals surface area contributed by atoms with Crippen LogP contribution in [0.5, 0.6) is 0 Å². The minimum atomic E-state index is -0.231. The summed E-state index contributed by atoms with van der Waals surface area (Å²) in [7, 11) is 0. The average Bonchev–Trinajstić information content (AvgIpc) is 3.22. The van der Waals surface area contributed by atoms with Crippen molar-refractivity contribution in [3.63, 3.8) is 0 Å². The number of hydrogen-bond donors (Lipinski definition) is 2. The summed E-state index contributed by atoms with van der Waals surface area (Å²) >= 11 is 1.40. The number of carbonyl (C=O) groups excluding carboxylic acids is 2. The zero-order chi connectivity index (χ0) is 16.9. The predicted molar refractivity (Wildman–Crippen MR) is 93.7 cm³/mol. The Labute approximate surface area is 144 Å². The van der Waals surface area contributed by atoms with Gasteiger partial charge in [0.2, 0.25) is 5.13 Å². The van der Waals surface area contributed by atoms with Crippen LogP contribution in [0.25, 0.3) is 0 Å². The zero-order valence-corrected chi connectivity index (χ0v) is 14.2. The highest BCUT2D eigenvalue weighted by atomic mass is 32.1. The SMILES string of the molecule is CCCCc1nnc(NC(=O)c2ccc(N3CCNC3=O)cc2)s1. The molecule has 8 heteroatoms. The summed E-state index contributed by atoms with van der Waals surface area (Å²) in [5, 5.41) is 15.0. The highest BCUT2D eigenvalue weighted by Crippen LogP contribution is 2.20. The predicted octanol–water partition coefficient (Wildman–Crippen LogP) is 2.66. The number of nitrogens with one attached hydrogen (secondary N) is 2. The molecule has 1 aliphatic heterocycles. The molecule has 0 aliphatic carbocycles. The number of nitrogens with zero attached hydrogens (tertiary/aromatic N) is 3. The molecule has 0 atom stereocenters. The van der Waals surface area contributed by atoms with Crippen LogP contribution in [0.1, 0.15) is 35.1 Å². The third-order valence-electron chi connectivity index (χ3n) is 3.73. The molecule has 0 spiro atoms. The monoisotopic (exact) mass is 345 g/mol. The smallest absolute Gasteiger partial charge is 0.321 e. The van der Waals surface area contributed by atoms with Gasteiger partial charge in [-0.05, 0) is 30.7 Å². The van der Waals surface area contributed by atoms with Crippen molar-refractivity contribution >= 4 is 34.1 Å².